The van der Waals surface area contributed by atoms with Crippen LogP contribution in [-0.2, 0) is 0 Å². The average molecular weight is 368 g/mol. The molecule has 1 aromatic carbocycles. The van der Waals surface area contributed by atoms with E-state index in [9.17, 15) is 0 Å². The first-order valence-corrected chi connectivity index (χ1v) is 11.0. The van der Waals surface area contributed by atoms with E-state index in [2.05, 4.69) is 84.0 Å². The zero-order chi connectivity index (χ0) is 20.1. The van der Waals surface area contributed by atoms with Gasteiger partial charge in [-0.25, -0.2) is 0 Å². The van der Waals surface area contributed by atoms with Crippen LogP contribution in [0.15, 0.2) is 53.6 Å². The van der Waals surface area contributed by atoms with Crippen molar-refractivity contribution in [2.24, 2.45) is 11.8 Å². The van der Waals surface area contributed by atoms with Gasteiger partial charge in [0.2, 0.25) is 0 Å². The number of benzene rings is 1. The topological polar surface area (TPSA) is 0 Å². The second-order valence-corrected chi connectivity index (χ2v) is 8.97. The fraction of sp³-hybridized carbons (Fsp3) is 0.593. The molecule has 1 aromatic rings. The van der Waals surface area contributed by atoms with Crippen LogP contribution in [-0.4, -0.2) is 0 Å². The van der Waals surface area contributed by atoms with Gasteiger partial charge in [-0.3, -0.25) is 0 Å². The largest absolute Gasteiger partial charge is 0.0859 e. The van der Waals surface area contributed by atoms with Crippen LogP contribution in [0.3, 0.4) is 0 Å². The average Bonchev–Trinajstić information content (AvgIpc) is 2.62. The van der Waals surface area contributed by atoms with Gasteiger partial charge in [0.25, 0.3) is 0 Å². The lowest BCUT2D eigenvalue weighted by molar-refractivity contribution is 0.452. The van der Waals surface area contributed by atoms with E-state index in [-0.39, 0.29) is 0 Å². The van der Waals surface area contributed by atoms with Crippen molar-refractivity contribution in [3.05, 3.63) is 65.1 Å². The Morgan fingerprint density at radius 2 is 1.15 bits per heavy atom. The highest BCUT2D eigenvalue weighted by Crippen LogP contribution is 2.30. The molecule has 0 aliphatic heterocycles. The van der Waals surface area contributed by atoms with Gasteiger partial charge in [-0.2, -0.15) is 0 Å². The molecule has 0 aliphatic carbocycles. The summed E-state index contributed by atoms with van der Waals surface area (Å²) in [6.45, 7) is 13.6. The Labute approximate surface area is 170 Å². The Bertz CT molecular complexity index is 509. The molecule has 151 valence electrons. The van der Waals surface area contributed by atoms with E-state index in [0.29, 0.717) is 0 Å². The maximum Gasteiger partial charge on any atom is 0.00500 e. The lowest BCUT2D eigenvalue weighted by atomic mass is 9.84. The van der Waals surface area contributed by atoms with Crippen LogP contribution < -0.4 is 0 Å². The van der Waals surface area contributed by atoms with E-state index >= 15 is 0 Å². The normalized spacial score (nSPS) is 13.3. The number of hydrogen-bond donors (Lipinski definition) is 0. The van der Waals surface area contributed by atoms with Crippen LogP contribution in [0.1, 0.15) is 98.5 Å². The molecule has 2 unspecified atom stereocenters. The van der Waals surface area contributed by atoms with Gasteiger partial charge in [0.05, 0.1) is 0 Å². The summed E-state index contributed by atoms with van der Waals surface area (Å²) in [5.41, 5.74) is 4.35. The van der Waals surface area contributed by atoms with Crippen LogP contribution in [0.25, 0.3) is 0 Å². The van der Waals surface area contributed by atoms with Crippen molar-refractivity contribution in [3.8, 4) is 0 Å². The maximum absolute atomic E-state index is 2.42. The summed E-state index contributed by atoms with van der Waals surface area (Å²) in [5.74, 6) is 3.27. The summed E-state index contributed by atoms with van der Waals surface area (Å²) < 4.78 is 0. The molecule has 0 heterocycles. The molecule has 0 bridgehead atoms. The van der Waals surface area contributed by atoms with Crippen LogP contribution in [0.5, 0.6) is 0 Å². The lowest BCUT2D eigenvalue weighted by Crippen LogP contribution is -2.06. The molecule has 27 heavy (non-hydrogen) atoms. The highest BCUT2D eigenvalue weighted by molar-refractivity contribution is 5.30. The van der Waals surface area contributed by atoms with Gasteiger partial charge in [0.15, 0.2) is 0 Å². The van der Waals surface area contributed by atoms with E-state index < -0.39 is 0 Å². The number of allylic oxidation sites excluding steroid dienone is 4. The summed E-state index contributed by atoms with van der Waals surface area (Å²) in [5, 5.41) is 0. The van der Waals surface area contributed by atoms with Crippen molar-refractivity contribution in [2.75, 3.05) is 0 Å². The van der Waals surface area contributed by atoms with Gasteiger partial charge in [-0.15, -0.1) is 0 Å². The minimum Gasteiger partial charge on any atom is -0.0859 e. The summed E-state index contributed by atoms with van der Waals surface area (Å²) >= 11 is 0. The predicted molar refractivity (Wildman–Crippen MR) is 123 cm³/mol. The zero-order valence-corrected chi connectivity index (χ0v) is 18.9. The number of rotatable bonds is 13. The fourth-order valence-corrected chi connectivity index (χ4v) is 3.53. The summed E-state index contributed by atoms with van der Waals surface area (Å²) in [4.78, 5) is 0. The molecule has 2 atom stereocenters. The minimum atomic E-state index is 0.800. The SMILES string of the molecule is CC(C)=CCCC(C)CC[C](CCC(C)CCC=C(C)C)c1ccccc1. The molecule has 0 saturated heterocycles. The Balaban J connectivity index is 2.51. The zero-order valence-electron chi connectivity index (χ0n) is 18.9. The first-order valence-electron chi connectivity index (χ1n) is 11.0. The van der Waals surface area contributed by atoms with E-state index in [1.54, 1.807) is 5.92 Å². The molecule has 0 heteroatoms. The Morgan fingerprint density at radius 3 is 1.56 bits per heavy atom. The van der Waals surface area contributed by atoms with Gasteiger partial charge in [-0.1, -0.05) is 67.5 Å². The highest BCUT2D eigenvalue weighted by atomic mass is 14.2. The van der Waals surface area contributed by atoms with Gasteiger partial charge in [0, 0.05) is 5.92 Å². The van der Waals surface area contributed by atoms with Crippen LogP contribution in [0.4, 0.5) is 0 Å². The van der Waals surface area contributed by atoms with Crippen molar-refractivity contribution >= 4 is 0 Å². The standard InChI is InChI=1S/C27H43/c1-22(2)12-10-14-24(5)18-20-27(26-16-8-7-9-17-26)21-19-25(6)15-11-13-23(3)4/h7-9,12-13,16-17,24-25H,10-11,14-15,18-21H2,1-6H3. The lowest BCUT2D eigenvalue weighted by Gasteiger charge is -2.21. The Morgan fingerprint density at radius 1 is 0.704 bits per heavy atom. The fourth-order valence-electron chi connectivity index (χ4n) is 3.53. The summed E-state index contributed by atoms with van der Waals surface area (Å²) in [6, 6.07) is 11.1. The molecule has 0 amide bonds. The Hall–Kier alpha value is -1.30. The molecule has 1 radical (unpaired) electrons. The monoisotopic (exact) mass is 367 g/mol. The quantitative estimate of drug-likeness (QED) is 0.305. The molecule has 0 saturated carbocycles. The highest BCUT2D eigenvalue weighted by Gasteiger charge is 2.15. The van der Waals surface area contributed by atoms with E-state index in [1.165, 1.54) is 68.1 Å². The predicted octanol–water partition coefficient (Wildman–Crippen LogP) is 8.93. The summed E-state index contributed by atoms with van der Waals surface area (Å²) in [7, 11) is 0. The van der Waals surface area contributed by atoms with E-state index in [1.807, 2.05) is 0 Å². The summed E-state index contributed by atoms with van der Waals surface area (Å²) in [6.07, 6.45) is 15.0. The molecular weight excluding hydrogens is 324 g/mol. The van der Waals surface area contributed by atoms with Crippen molar-refractivity contribution in [1.82, 2.24) is 0 Å². The molecule has 0 aliphatic rings. The molecule has 1 rings (SSSR count). The van der Waals surface area contributed by atoms with E-state index in [4.69, 9.17) is 0 Å². The van der Waals surface area contributed by atoms with Gasteiger partial charge < -0.3 is 0 Å². The Kier molecular flexibility index (Phi) is 12.1. The van der Waals surface area contributed by atoms with Crippen molar-refractivity contribution < 1.29 is 0 Å². The number of hydrogen-bond acceptors (Lipinski definition) is 0. The van der Waals surface area contributed by atoms with Crippen molar-refractivity contribution in [2.45, 2.75) is 92.9 Å². The molecular formula is C27H43. The molecule has 0 fully saturated rings. The van der Waals surface area contributed by atoms with Crippen molar-refractivity contribution in [3.63, 3.8) is 0 Å². The van der Waals surface area contributed by atoms with Crippen LogP contribution >= 0.6 is 0 Å². The molecule has 0 nitrogen and oxygen atoms in total. The smallest absolute Gasteiger partial charge is 0.00500 e. The van der Waals surface area contributed by atoms with Crippen LogP contribution in [0.2, 0.25) is 0 Å². The first-order chi connectivity index (χ1) is 12.9. The van der Waals surface area contributed by atoms with Gasteiger partial charge in [0.1, 0.15) is 0 Å². The third-order valence-electron chi connectivity index (χ3n) is 5.48. The maximum atomic E-state index is 2.42. The molecule has 0 aromatic heterocycles. The third kappa shape index (κ3) is 11.9. The van der Waals surface area contributed by atoms with Crippen molar-refractivity contribution in [1.29, 1.82) is 0 Å². The van der Waals surface area contributed by atoms with Gasteiger partial charge >= 0.3 is 0 Å². The van der Waals surface area contributed by atoms with Gasteiger partial charge in [-0.05, 0) is 96.5 Å². The minimum absolute atomic E-state index is 0.800. The third-order valence-corrected chi connectivity index (χ3v) is 5.48. The molecule has 0 spiro atoms. The second-order valence-electron chi connectivity index (χ2n) is 8.97. The van der Waals surface area contributed by atoms with E-state index in [0.717, 1.165) is 11.8 Å². The first kappa shape index (κ1) is 23.7. The second kappa shape index (κ2) is 13.8. The van der Waals surface area contributed by atoms with Crippen LogP contribution in [0, 0.1) is 17.8 Å². The molecule has 0 N–H and O–H groups in total.